The van der Waals surface area contributed by atoms with Gasteiger partial charge in [0.2, 0.25) is 0 Å². The van der Waals surface area contributed by atoms with Crippen molar-refractivity contribution < 1.29 is 13.2 Å². The Kier molecular flexibility index (Phi) is 2.78. The number of anilines is 1. The van der Waals surface area contributed by atoms with Crippen LogP contribution in [0.15, 0.2) is 45.6 Å². The van der Waals surface area contributed by atoms with Crippen LogP contribution in [0.2, 0.25) is 0 Å². The molecule has 0 spiro atoms. The second-order valence-corrected chi connectivity index (χ2v) is 4.39. The Morgan fingerprint density at radius 2 is 2.00 bits per heavy atom. The highest BCUT2D eigenvalue weighted by Gasteiger charge is 2.13. The van der Waals surface area contributed by atoms with Crippen LogP contribution < -0.4 is 11.5 Å². The molecule has 20 heavy (non-hydrogen) atoms. The zero-order chi connectivity index (χ0) is 14.3. The quantitative estimate of drug-likeness (QED) is 0.731. The van der Waals surface area contributed by atoms with Crippen LogP contribution in [0.1, 0.15) is 5.56 Å². The lowest BCUT2D eigenvalue weighted by Crippen LogP contribution is -2.16. The summed E-state index contributed by atoms with van der Waals surface area (Å²) in [6, 6.07) is 8.55. The second kappa shape index (κ2) is 4.48. The van der Waals surface area contributed by atoms with Crippen LogP contribution >= 0.6 is 0 Å². The maximum Gasteiger partial charge on any atom is 0.420 e. The van der Waals surface area contributed by atoms with Crippen molar-refractivity contribution in [1.82, 2.24) is 4.57 Å². The van der Waals surface area contributed by atoms with Gasteiger partial charge < -0.3 is 10.2 Å². The van der Waals surface area contributed by atoms with Gasteiger partial charge in [0.05, 0.1) is 12.1 Å². The van der Waals surface area contributed by atoms with Gasteiger partial charge in [0.25, 0.3) is 0 Å². The van der Waals surface area contributed by atoms with Crippen LogP contribution in [0.5, 0.6) is 0 Å². The highest BCUT2D eigenvalue weighted by Crippen LogP contribution is 2.19. The Balaban J connectivity index is 2.13. The Morgan fingerprint density at radius 3 is 2.80 bits per heavy atom. The fourth-order valence-corrected chi connectivity index (χ4v) is 2.07. The number of nitrogens with two attached hydrogens (primary N) is 1. The summed E-state index contributed by atoms with van der Waals surface area (Å²) in [4.78, 5) is 11.8. The number of nitrogens with zero attached hydrogens (tertiary/aromatic N) is 1. The molecule has 6 heteroatoms. The van der Waals surface area contributed by atoms with Gasteiger partial charge in [-0.1, -0.05) is 12.1 Å². The van der Waals surface area contributed by atoms with Gasteiger partial charge in [-0.3, -0.25) is 4.57 Å². The Labute approximate surface area is 112 Å². The van der Waals surface area contributed by atoms with E-state index in [4.69, 9.17) is 10.2 Å². The van der Waals surface area contributed by atoms with Crippen LogP contribution in [0, 0.1) is 11.6 Å². The van der Waals surface area contributed by atoms with Crippen molar-refractivity contribution in [2.75, 3.05) is 5.73 Å². The number of fused-ring (bicyclic) bond motifs is 1. The summed E-state index contributed by atoms with van der Waals surface area (Å²) >= 11 is 0. The number of rotatable bonds is 2. The molecule has 0 aliphatic carbocycles. The van der Waals surface area contributed by atoms with E-state index in [1.807, 2.05) is 0 Å². The first-order valence-corrected chi connectivity index (χ1v) is 5.88. The fourth-order valence-electron chi connectivity index (χ4n) is 2.07. The second-order valence-electron chi connectivity index (χ2n) is 4.39. The predicted octanol–water partition coefficient (Wildman–Crippen LogP) is 2.50. The van der Waals surface area contributed by atoms with E-state index in [1.54, 1.807) is 12.1 Å². The molecule has 2 N–H and O–H groups in total. The Hall–Kier alpha value is -2.63. The summed E-state index contributed by atoms with van der Waals surface area (Å²) in [5, 5.41) is 0. The van der Waals surface area contributed by atoms with Gasteiger partial charge in [0.1, 0.15) is 0 Å². The van der Waals surface area contributed by atoms with E-state index in [0.29, 0.717) is 16.8 Å². The monoisotopic (exact) mass is 276 g/mol. The van der Waals surface area contributed by atoms with E-state index in [9.17, 15) is 13.6 Å². The van der Waals surface area contributed by atoms with Gasteiger partial charge in [0, 0.05) is 17.3 Å². The normalized spacial score (nSPS) is 11.1. The highest BCUT2D eigenvalue weighted by atomic mass is 19.2. The van der Waals surface area contributed by atoms with Gasteiger partial charge in [0.15, 0.2) is 17.2 Å². The first-order chi connectivity index (χ1) is 9.56. The average Bonchev–Trinajstić information content (AvgIpc) is 2.70. The fraction of sp³-hybridized carbons (Fsp3) is 0.0714. The van der Waals surface area contributed by atoms with Crippen molar-refractivity contribution >= 4 is 16.8 Å². The standard InChI is InChI=1S/C14H10F2N2O2/c15-10-3-1-2-8(13(10)16)7-18-11-5-4-9(17)6-12(11)20-14(18)19/h1-6H,7,17H2. The van der Waals surface area contributed by atoms with Gasteiger partial charge >= 0.3 is 5.76 Å². The largest absolute Gasteiger partial charge is 0.420 e. The highest BCUT2D eigenvalue weighted by molar-refractivity contribution is 5.76. The smallest absolute Gasteiger partial charge is 0.408 e. The number of halogens is 2. The summed E-state index contributed by atoms with van der Waals surface area (Å²) in [6.07, 6.45) is 0. The molecular formula is C14H10F2N2O2. The molecule has 0 amide bonds. The topological polar surface area (TPSA) is 61.2 Å². The van der Waals surface area contributed by atoms with Crippen LogP contribution in [-0.2, 0) is 6.54 Å². The van der Waals surface area contributed by atoms with Crippen molar-refractivity contribution in [3.8, 4) is 0 Å². The summed E-state index contributed by atoms with van der Waals surface area (Å²) in [5.41, 5.74) is 6.92. The molecule has 1 aromatic heterocycles. The molecule has 1 heterocycles. The molecule has 0 aliphatic heterocycles. The van der Waals surface area contributed by atoms with Crippen LogP contribution in [0.25, 0.3) is 11.1 Å². The molecule has 4 nitrogen and oxygen atoms in total. The minimum Gasteiger partial charge on any atom is -0.408 e. The van der Waals surface area contributed by atoms with Crippen molar-refractivity contribution in [3.05, 3.63) is 64.1 Å². The lowest BCUT2D eigenvalue weighted by Gasteiger charge is -2.04. The molecule has 0 bridgehead atoms. The third kappa shape index (κ3) is 1.95. The van der Waals surface area contributed by atoms with Crippen molar-refractivity contribution in [2.45, 2.75) is 6.54 Å². The molecule has 3 rings (SSSR count). The van der Waals surface area contributed by atoms with Crippen LogP contribution in [0.4, 0.5) is 14.5 Å². The maximum absolute atomic E-state index is 13.6. The Bertz CT molecular complexity index is 852. The van der Waals surface area contributed by atoms with E-state index in [0.717, 1.165) is 6.07 Å². The average molecular weight is 276 g/mol. The number of nitrogen functional groups attached to an aromatic ring is 1. The Morgan fingerprint density at radius 1 is 1.20 bits per heavy atom. The molecule has 0 saturated heterocycles. The third-order valence-corrected chi connectivity index (χ3v) is 3.05. The maximum atomic E-state index is 13.6. The van der Waals surface area contributed by atoms with Crippen LogP contribution in [-0.4, -0.2) is 4.57 Å². The molecule has 0 radical (unpaired) electrons. The van der Waals surface area contributed by atoms with Crippen LogP contribution in [0.3, 0.4) is 0 Å². The lowest BCUT2D eigenvalue weighted by atomic mass is 10.2. The first kappa shape index (κ1) is 12.4. The van der Waals surface area contributed by atoms with Crippen molar-refractivity contribution in [3.63, 3.8) is 0 Å². The first-order valence-electron chi connectivity index (χ1n) is 5.88. The van der Waals surface area contributed by atoms with E-state index < -0.39 is 17.4 Å². The van der Waals surface area contributed by atoms with Gasteiger partial charge in [-0.05, 0) is 18.2 Å². The molecule has 0 atom stereocenters. The minimum absolute atomic E-state index is 0.0756. The molecule has 0 fully saturated rings. The van der Waals surface area contributed by atoms with Crippen molar-refractivity contribution in [2.24, 2.45) is 0 Å². The number of hydrogen-bond acceptors (Lipinski definition) is 3. The summed E-state index contributed by atoms with van der Waals surface area (Å²) < 4.78 is 33.1. The lowest BCUT2D eigenvalue weighted by molar-refractivity contribution is 0.484. The summed E-state index contributed by atoms with van der Waals surface area (Å²) in [7, 11) is 0. The van der Waals surface area contributed by atoms with E-state index in [2.05, 4.69) is 0 Å². The molecule has 0 aliphatic rings. The minimum atomic E-state index is -0.968. The molecule has 0 saturated carbocycles. The van der Waals surface area contributed by atoms with E-state index in [-0.39, 0.29) is 12.1 Å². The summed E-state index contributed by atoms with van der Waals surface area (Å²) in [6.45, 7) is -0.112. The predicted molar refractivity (Wildman–Crippen MR) is 70.3 cm³/mol. The number of hydrogen-bond donors (Lipinski definition) is 1. The SMILES string of the molecule is Nc1ccc2c(c1)oc(=O)n2Cc1cccc(F)c1F. The molecule has 2 aromatic carbocycles. The molecule has 3 aromatic rings. The zero-order valence-electron chi connectivity index (χ0n) is 10.3. The van der Waals surface area contributed by atoms with Crippen molar-refractivity contribution in [1.29, 1.82) is 0 Å². The van der Waals surface area contributed by atoms with Gasteiger partial charge in [-0.25, -0.2) is 13.6 Å². The third-order valence-electron chi connectivity index (χ3n) is 3.05. The van der Waals surface area contributed by atoms with Gasteiger partial charge in [-0.2, -0.15) is 0 Å². The molecular weight excluding hydrogens is 266 g/mol. The van der Waals surface area contributed by atoms with Gasteiger partial charge in [-0.15, -0.1) is 0 Å². The number of aromatic nitrogens is 1. The number of oxazole rings is 1. The van der Waals surface area contributed by atoms with E-state index in [1.165, 1.54) is 22.8 Å². The van der Waals surface area contributed by atoms with E-state index >= 15 is 0 Å². The number of benzene rings is 2. The molecule has 102 valence electrons. The summed E-state index contributed by atoms with van der Waals surface area (Å²) in [5.74, 6) is -2.56. The molecule has 0 unspecified atom stereocenters. The zero-order valence-corrected chi connectivity index (χ0v) is 10.3.